The van der Waals surface area contributed by atoms with Crippen LogP contribution in [0.3, 0.4) is 0 Å². The molecular weight excluding hydrogens is 215 g/mol. The zero-order valence-electron chi connectivity index (χ0n) is 8.38. The van der Waals surface area contributed by atoms with Gasteiger partial charge in [-0.3, -0.25) is 0 Å². The summed E-state index contributed by atoms with van der Waals surface area (Å²) in [4.78, 5) is 32.4. The zero-order valence-corrected chi connectivity index (χ0v) is 8.38. The lowest BCUT2D eigenvalue weighted by molar-refractivity contribution is -0.141. The summed E-state index contributed by atoms with van der Waals surface area (Å²) in [6, 6.07) is 0. The van der Waals surface area contributed by atoms with Gasteiger partial charge in [-0.05, 0) is 0 Å². The fourth-order valence-corrected chi connectivity index (χ4v) is 0.501. The second kappa shape index (κ2) is 7.05. The molecule has 0 rings (SSSR count). The first kappa shape index (κ1) is 13.7. The standard InChI is InChI=1S/C9H9BO6/c1-4-7(11)14-10(15-8(12)5-2)16-9(13)6-3/h4-6H,1-3H2. The van der Waals surface area contributed by atoms with Crippen LogP contribution >= 0.6 is 0 Å². The van der Waals surface area contributed by atoms with Gasteiger partial charge in [-0.1, -0.05) is 19.7 Å². The van der Waals surface area contributed by atoms with Crippen LogP contribution in [0, 0.1) is 0 Å². The van der Waals surface area contributed by atoms with Gasteiger partial charge in [0.15, 0.2) is 0 Å². The predicted molar refractivity (Wildman–Crippen MR) is 54.6 cm³/mol. The number of carbonyl (C=O) groups excluding carboxylic acids is 3. The molecule has 0 aliphatic rings. The van der Waals surface area contributed by atoms with Gasteiger partial charge in [-0.2, -0.15) is 0 Å². The SMILES string of the molecule is C=CC(=O)OB(OC(=O)C=C)OC(=O)C=C. The molecule has 0 aliphatic heterocycles. The molecule has 0 fully saturated rings. The first-order chi connectivity index (χ1) is 7.53. The minimum atomic E-state index is -1.79. The summed E-state index contributed by atoms with van der Waals surface area (Å²) in [5.41, 5.74) is 0. The summed E-state index contributed by atoms with van der Waals surface area (Å²) >= 11 is 0. The van der Waals surface area contributed by atoms with E-state index < -0.39 is 25.2 Å². The van der Waals surface area contributed by atoms with Gasteiger partial charge < -0.3 is 14.0 Å². The molecule has 0 atom stereocenters. The predicted octanol–water partition coefficient (Wildman–Crippen LogP) is 0.159. The number of carbonyl (C=O) groups is 3. The molecule has 0 N–H and O–H groups in total. The van der Waals surface area contributed by atoms with Gasteiger partial charge in [0, 0.05) is 18.2 Å². The molecular formula is C9H9BO6. The molecule has 0 spiro atoms. The average Bonchev–Trinajstić information content (AvgIpc) is 2.28. The quantitative estimate of drug-likeness (QED) is 0.472. The van der Waals surface area contributed by atoms with Crippen molar-refractivity contribution >= 4 is 25.2 Å². The van der Waals surface area contributed by atoms with E-state index in [-0.39, 0.29) is 0 Å². The van der Waals surface area contributed by atoms with Crippen molar-refractivity contribution in [1.29, 1.82) is 0 Å². The topological polar surface area (TPSA) is 78.9 Å². The van der Waals surface area contributed by atoms with E-state index in [2.05, 4.69) is 33.7 Å². The molecule has 0 aliphatic carbocycles. The molecule has 0 radical (unpaired) electrons. The van der Waals surface area contributed by atoms with Crippen LogP contribution in [0.2, 0.25) is 0 Å². The molecule has 0 aromatic heterocycles. The van der Waals surface area contributed by atoms with E-state index in [1.807, 2.05) is 0 Å². The maximum atomic E-state index is 10.8. The minimum Gasteiger partial charge on any atom is -0.459 e. The molecule has 0 aromatic carbocycles. The first-order valence-corrected chi connectivity index (χ1v) is 4.02. The van der Waals surface area contributed by atoms with Gasteiger partial charge in [-0.25, -0.2) is 14.4 Å². The van der Waals surface area contributed by atoms with Crippen molar-refractivity contribution in [2.75, 3.05) is 0 Å². The Labute approximate surface area is 92.3 Å². The highest BCUT2D eigenvalue weighted by Gasteiger charge is 2.34. The van der Waals surface area contributed by atoms with Gasteiger partial charge in [0.2, 0.25) is 0 Å². The highest BCUT2D eigenvalue weighted by molar-refractivity contribution is 6.45. The molecule has 0 saturated heterocycles. The van der Waals surface area contributed by atoms with Crippen LogP contribution in [-0.2, 0) is 28.3 Å². The van der Waals surface area contributed by atoms with Gasteiger partial charge >= 0.3 is 25.2 Å². The molecule has 84 valence electrons. The highest BCUT2D eigenvalue weighted by atomic mass is 16.8. The van der Waals surface area contributed by atoms with E-state index in [1.165, 1.54) is 0 Å². The summed E-state index contributed by atoms with van der Waals surface area (Å²) in [7, 11) is -1.79. The highest BCUT2D eigenvalue weighted by Crippen LogP contribution is 1.97. The smallest absolute Gasteiger partial charge is 0.459 e. The maximum Gasteiger partial charge on any atom is 0.870 e. The van der Waals surface area contributed by atoms with Crippen molar-refractivity contribution in [1.82, 2.24) is 0 Å². The Morgan fingerprint density at radius 1 is 0.750 bits per heavy atom. The van der Waals surface area contributed by atoms with Crippen LogP contribution < -0.4 is 0 Å². The van der Waals surface area contributed by atoms with Crippen LogP contribution in [0.15, 0.2) is 38.0 Å². The first-order valence-electron chi connectivity index (χ1n) is 4.02. The largest absolute Gasteiger partial charge is 0.870 e. The monoisotopic (exact) mass is 224 g/mol. The van der Waals surface area contributed by atoms with Crippen molar-refractivity contribution in [2.45, 2.75) is 0 Å². The molecule has 0 aromatic rings. The van der Waals surface area contributed by atoms with Crippen molar-refractivity contribution < 1.29 is 28.3 Å². The fraction of sp³-hybridized carbons (Fsp3) is 0. The Bertz CT molecular complexity index is 283. The van der Waals surface area contributed by atoms with E-state index in [1.54, 1.807) is 0 Å². The normalized spacial score (nSPS) is 8.25. The molecule has 0 heterocycles. The summed E-state index contributed by atoms with van der Waals surface area (Å²) in [5.74, 6) is -2.75. The van der Waals surface area contributed by atoms with Crippen LogP contribution in [0.5, 0.6) is 0 Å². The Morgan fingerprint density at radius 3 is 1.19 bits per heavy atom. The Kier molecular flexibility index (Phi) is 6.03. The van der Waals surface area contributed by atoms with E-state index >= 15 is 0 Å². The zero-order chi connectivity index (χ0) is 12.6. The minimum absolute atomic E-state index is 0.816. The third-order valence-corrected chi connectivity index (χ3v) is 1.14. The van der Waals surface area contributed by atoms with Gasteiger partial charge in [0.25, 0.3) is 0 Å². The van der Waals surface area contributed by atoms with E-state index in [9.17, 15) is 14.4 Å². The molecule has 0 saturated carbocycles. The lowest BCUT2D eigenvalue weighted by Crippen LogP contribution is -2.33. The van der Waals surface area contributed by atoms with Crippen molar-refractivity contribution in [2.24, 2.45) is 0 Å². The third kappa shape index (κ3) is 5.43. The summed E-state index contributed by atoms with van der Waals surface area (Å²) in [5, 5.41) is 0. The Balaban J connectivity index is 4.48. The number of hydrogen-bond donors (Lipinski definition) is 0. The van der Waals surface area contributed by atoms with Crippen molar-refractivity contribution in [3.8, 4) is 0 Å². The van der Waals surface area contributed by atoms with Gasteiger partial charge in [0.1, 0.15) is 0 Å². The second-order valence-corrected chi connectivity index (χ2v) is 2.21. The molecule has 0 unspecified atom stereocenters. The summed E-state index contributed by atoms with van der Waals surface area (Å²) in [6.45, 7) is 9.35. The van der Waals surface area contributed by atoms with E-state index in [4.69, 9.17) is 0 Å². The van der Waals surface area contributed by atoms with Crippen molar-refractivity contribution in [3.63, 3.8) is 0 Å². The van der Waals surface area contributed by atoms with Crippen LogP contribution in [0.1, 0.15) is 0 Å². The molecule has 6 nitrogen and oxygen atoms in total. The Morgan fingerprint density at radius 2 is 1.00 bits per heavy atom. The maximum absolute atomic E-state index is 10.8. The van der Waals surface area contributed by atoms with Crippen molar-refractivity contribution in [3.05, 3.63) is 38.0 Å². The number of rotatable bonds is 6. The van der Waals surface area contributed by atoms with Crippen LogP contribution in [-0.4, -0.2) is 25.2 Å². The van der Waals surface area contributed by atoms with Gasteiger partial charge in [0.05, 0.1) is 0 Å². The fourth-order valence-electron chi connectivity index (χ4n) is 0.501. The molecule has 16 heavy (non-hydrogen) atoms. The van der Waals surface area contributed by atoms with Crippen LogP contribution in [0.4, 0.5) is 0 Å². The third-order valence-electron chi connectivity index (χ3n) is 1.14. The molecule has 7 heteroatoms. The second-order valence-electron chi connectivity index (χ2n) is 2.21. The molecule has 0 amide bonds. The summed E-state index contributed by atoms with van der Waals surface area (Å²) in [6.07, 6.45) is 2.45. The lowest BCUT2D eigenvalue weighted by atomic mass is 10.2. The average molecular weight is 224 g/mol. The van der Waals surface area contributed by atoms with E-state index in [0.717, 1.165) is 18.2 Å². The lowest BCUT2D eigenvalue weighted by Gasteiger charge is -2.09. The Hall–Kier alpha value is -2.31. The van der Waals surface area contributed by atoms with Crippen LogP contribution in [0.25, 0.3) is 0 Å². The number of hydrogen-bond acceptors (Lipinski definition) is 6. The van der Waals surface area contributed by atoms with E-state index in [0.29, 0.717) is 0 Å². The summed E-state index contributed by atoms with van der Waals surface area (Å²) < 4.78 is 13.2. The molecule has 0 bridgehead atoms. The van der Waals surface area contributed by atoms with Gasteiger partial charge in [-0.15, -0.1) is 0 Å².